The lowest BCUT2D eigenvalue weighted by Crippen LogP contribution is -2.07. The van der Waals surface area contributed by atoms with Crippen molar-refractivity contribution in [1.29, 1.82) is 0 Å². The molecule has 0 radical (unpaired) electrons. The number of benzene rings is 1. The molecule has 0 bridgehead atoms. The Hall–Kier alpha value is -1.90. The molecule has 1 aromatic rings. The van der Waals surface area contributed by atoms with Crippen LogP contribution in [0, 0.1) is 0 Å². The zero-order valence-electron chi connectivity index (χ0n) is 11.3. The van der Waals surface area contributed by atoms with Crippen molar-refractivity contribution >= 4 is 11.8 Å². The van der Waals surface area contributed by atoms with Gasteiger partial charge in [0, 0.05) is 12.8 Å². The molecule has 0 atom stereocenters. The van der Waals surface area contributed by atoms with Crippen molar-refractivity contribution in [1.82, 2.24) is 0 Å². The van der Waals surface area contributed by atoms with Gasteiger partial charge in [-0.2, -0.15) is 0 Å². The van der Waals surface area contributed by atoms with Gasteiger partial charge < -0.3 is 4.74 Å². The zero-order valence-corrected chi connectivity index (χ0v) is 11.3. The lowest BCUT2D eigenvalue weighted by Gasteiger charge is -1.99. The molecule has 0 spiro atoms. The maximum absolute atomic E-state index is 11.5. The molecule has 0 saturated carbocycles. The molecule has 3 heteroatoms. The number of hydrogen-bond acceptors (Lipinski definition) is 3. The normalized spacial score (nSPS) is 10.6. The van der Waals surface area contributed by atoms with Crippen LogP contribution in [0.15, 0.2) is 42.5 Å². The zero-order chi connectivity index (χ0) is 13.9. The summed E-state index contributed by atoms with van der Waals surface area (Å²) in [5.41, 5.74) is 1.22. The third-order valence-corrected chi connectivity index (χ3v) is 2.62. The Balaban J connectivity index is 2.18. The average Bonchev–Trinajstić information content (AvgIpc) is 2.43. The number of carbonyl (C=O) groups excluding carboxylic acids is 2. The van der Waals surface area contributed by atoms with E-state index >= 15 is 0 Å². The van der Waals surface area contributed by atoms with Crippen LogP contribution in [0.5, 0.6) is 0 Å². The van der Waals surface area contributed by atoms with Gasteiger partial charge in [0.1, 0.15) is 5.78 Å². The number of rotatable bonds is 8. The maximum Gasteiger partial charge on any atom is 0.306 e. The molecule has 0 saturated heterocycles. The van der Waals surface area contributed by atoms with E-state index in [1.165, 1.54) is 5.56 Å². The fraction of sp³-hybridized carbons (Fsp3) is 0.375. The van der Waals surface area contributed by atoms with Crippen molar-refractivity contribution in [2.24, 2.45) is 0 Å². The van der Waals surface area contributed by atoms with Crippen LogP contribution in [0.2, 0.25) is 0 Å². The minimum absolute atomic E-state index is 0.0670. The number of ether oxygens (including phenoxy) is 1. The van der Waals surface area contributed by atoms with E-state index in [1.54, 1.807) is 6.92 Å². The van der Waals surface area contributed by atoms with Crippen LogP contribution in [0.3, 0.4) is 0 Å². The summed E-state index contributed by atoms with van der Waals surface area (Å²) in [7, 11) is 0. The van der Waals surface area contributed by atoms with E-state index in [0.717, 1.165) is 6.42 Å². The SMILES string of the molecule is CCOC(=O)CCC(=O)C/C=C\Cc1ccccc1. The maximum atomic E-state index is 11.5. The molecule has 1 rings (SSSR count). The van der Waals surface area contributed by atoms with Crippen LogP contribution >= 0.6 is 0 Å². The van der Waals surface area contributed by atoms with Crippen molar-refractivity contribution in [2.75, 3.05) is 6.61 Å². The third kappa shape index (κ3) is 7.19. The van der Waals surface area contributed by atoms with Gasteiger partial charge in [-0.3, -0.25) is 9.59 Å². The summed E-state index contributed by atoms with van der Waals surface area (Å²) in [4.78, 5) is 22.6. The molecule has 102 valence electrons. The Kier molecular flexibility index (Phi) is 7.25. The van der Waals surface area contributed by atoms with Crippen molar-refractivity contribution in [3.8, 4) is 0 Å². The highest BCUT2D eigenvalue weighted by atomic mass is 16.5. The van der Waals surface area contributed by atoms with E-state index < -0.39 is 0 Å². The molecule has 0 amide bonds. The van der Waals surface area contributed by atoms with Gasteiger partial charge >= 0.3 is 5.97 Å². The highest BCUT2D eigenvalue weighted by Gasteiger charge is 2.05. The Morgan fingerprint density at radius 3 is 2.53 bits per heavy atom. The van der Waals surface area contributed by atoms with E-state index in [2.05, 4.69) is 0 Å². The van der Waals surface area contributed by atoms with Crippen molar-refractivity contribution < 1.29 is 14.3 Å². The molecule has 19 heavy (non-hydrogen) atoms. The van der Waals surface area contributed by atoms with Crippen LogP contribution in [0.1, 0.15) is 31.7 Å². The summed E-state index contributed by atoms with van der Waals surface area (Å²) < 4.78 is 4.77. The summed E-state index contributed by atoms with van der Waals surface area (Å²) >= 11 is 0. The molecule has 3 nitrogen and oxygen atoms in total. The first kappa shape index (κ1) is 15.2. The van der Waals surface area contributed by atoms with E-state index in [9.17, 15) is 9.59 Å². The first-order valence-electron chi connectivity index (χ1n) is 6.58. The summed E-state index contributed by atoms with van der Waals surface area (Å²) in [5, 5.41) is 0. The highest BCUT2D eigenvalue weighted by molar-refractivity contribution is 5.83. The Morgan fingerprint density at radius 1 is 1.11 bits per heavy atom. The molecule has 0 aliphatic carbocycles. The fourth-order valence-corrected chi connectivity index (χ4v) is 1.62. The Morgan fingerprint density at radius 2 is 1.84 bits per heavy atom. The van der Waals surface area contributed by atoms with Crippen LogP contribution in [0.25, 0.3) is 0 Å². The lowest BCUT2D eigenvalue weighted by atomic mass is 10.1. The first-order valence-corrected chi connectivity index (χ1v) is 6.58. The molecule has 0 aliphatic heterocycles. The first-order chi connectivity index (χ1) is 9.22. The summed E-state index contributed by atoms with van der Waals surface area (Å²) in [6.45, 7) is 2.12. The monoisotopic (exact) mass is 260 g/mol. The fourth-order valence-electron chi connectivity index (χ4n) is 1.62. The van der Waals surface area contributed by atoms with E-state index in [0.29, 0.717) is 13.0 Å². The van der Waals surface area contributed by atoms with E-state index in [4.69, 9.17) is 4.74 Å². The lowest BCUT2D eigenvalue weighted by molar-refractivity contribution is -0.144. The van der Waals surface area contributed by atoms with Gasteiger partial charge in [-0.25, -0.2) is 0 Å². The van der Waals surface area contributed by atoms with Crippen LogP contribution in [0.4, 0.5) is 0 Å². The standard InChI is InChI=1S/C16H20O3/c1-2-19-16(18)13-12-15(17)11-7-6-10-14-8-4-3-5-9-14/h3-9H,2,10-13H2,1H3/b7-6-. The summed E-state index contributed by atoms with van der Waals surface area (Å²) in [6.07, 6.45) is 5.49. The van der Waals surface area contributed by atoms with Crippen LogP contribution < -0.4 is 0 Å². The number of hydrogen-bond donors (Lipinski definition) is 0. The molecule has 0 fully saturated rings. The molecule has 0 heterocycles. The summed E-state index contributed by atoms with van der Waals surface area (Å²) in [5.74, 6) is -0.235. The van der Waals surface area contributed by atoms with Crippen molar-refractivity contribution in [3.63, 3.8) is 0 Å². The van der Waals surface area contributed by atoms with E-state index in [-0.39, 0.29) is 24.6 Å². The number of esters is 1. The van der Waals surface area contributed by atoms with Crippen LogP contribution in [-0.2, 0) is 20.7 Å². The number of Topliss-reactive ketones (excluding diaryl/α,β-unsaturated/α-hetero) is 1. The van der Waals surface area contributed by atoms with Gasteiger partial charge in [0.2, 0.25) is 0 Å². The average molecular weight is 260 g/mol. The molecule has 0 aromatic heterocycles. The second-order valence-corrected chi connectivity index (χ2v) is 4.21. The number of carbonyl (C=O) groups is 2. The minimum atomic E-state index is -0.302. The van der Waals surface area contributed by atoms with Gasteiger partial charge in [-0.05, 0) is 18.9 Å². The van der Waals surface area contributed by atoms with Crippen LogP contribution in [-0.4, -0.2) is 18.4 Å². The second-order valence-electron chi connectivity index (χ2n) is 4.21. The molecule has 1 aromatic carbocycles. The van der Waals surface area contributed by atoms with Gasteiger partial charge in [-0.15, -0.1) is 0 Å². The number of ketones is 1. The van der Waals surface area contributed by atoms with Gasteiger partial charge in [-0.1, -0.05) is 42.5 Å². The highest BCUT2D eigenvalue weighted by Crippen LogP contribution is 2.02. The molecule has 0 N–H and O–H groups in total. The molecule has 0 aliphatic rings. The van der Waals surface area contributed by atoms with Gasteiger partial charge in [0.25, 0.3) is 0 Å². The second kappa shape index (κ2) is 9.09. The minimum Gasteiger partial charge on any atom is -0.466 e. The largest absolute Gasteiger partial charge is 0.466 e. The molecule has 0 unspecified atom stereocenters. The van der Waals surface area contributed by atoms with Crippen molar-refractivity contribution in [3.05, 3.63) is 48.0 Å². The van der Waals surface area contributed by atoms with Gasteiger partial charge in [0.15, 0.2) is 0 Å². The van der Waals surface area contributed by atoms with Crippen molar-refractivity contribution in [2.45, 2.75) is 32.6 Å². The summed E-state index contributed by atoms with van der Waals surface area (Å²) in [6, 6.07) is 10.1. The predicted octanol–water partition coefficient (Wildman–Crippen LogP) is 3.09. The topological polar surface area (TPSA) is 43.4 Å². The Bertz CT molecular complexity index is 421. The van der Waals surface area contributed by atoms with E-state index in [1.807, 2.05) is 42.5 Å². The molecular formula is C16H20O3. The van der Waals surface area contributed by atoms with Gasteiger partial charge in [0.05, 0.1) is 13.0 Å². The Labute approximate surface area is 114 Å². The predicted molar refractivity (Wildman–Crippen MR) is 74.8 cm³/mol. The third-order valence-electron chi connectivity index (χ3n) is 2.62. The smallest absolute Gasteiger partial charge is 0.306 e. The number of allylic oxidation sites excluding steroid dienone is 2. The quantitative estimate of drug-likeness (QED) is 0.533. The molecular weight excluding hydrogens is 240 g/mol.